The van der Waals surface area contributed by atoms with Crippen LogP contribution in [0.25, 0.3) is 0 Å². The van der Waals surface area contributed by atoms with Crippen molar-refractivity contribution < 1.29 is 14.3 Å². The minimum Gasteiger partial charge on any atom is -0.467 e. The predicted octanol–water partition coefficient (Wildman–Crippen LogP) is 0.421. The number of methoxy groups -OCH3 is 1. The third-order valence-electron chi connectivity index (χ3n) is 1.76. The van der Waals surface area contributed by atoms with Gasteiger partial charge in [0.2, 0.25) is 0 Å². The van der Waals surface area contributed by atoms with Crippen LogP contribution in [0.1, 0.15) is 17.4 Å². The number of hydrogen-bond acceptors (Lipinski definition) is 5. The van der Waals surface area contributed by atoms with E-state index in [1.807, 2.05) is 0 Å². The lowest BCUT2D eigenvalue weighted by Gasteiger charge is -2.10. The lowest BCUT2D eigenvalue weighted by molar-refractivity contribution is -0.142. The van der Waals surface area contributed by atoms with Crippen molar-refractivity contribution in [1.82, 2.24) is 15.3 Å². The van der Waals surface area contributed by atoms with E-state index in [2.05, 4.69) is 20.0 Å². The van der Waals surface area contributed by atoms with Crippen LogP contribution in [0.15, 0.2) is 12.4 Å². The number of hydrogen-bond donors (Lipinski definition) is 1. The fraction of sp³-hybridized carbons (Fsp3) is 0.333. The van der Waals surface area contributed by atoms with E-state index in [9.17, 15) is 9.59 Å². The number of carbonyl (C=O) groups excluding carboxylic acids is 2. The molecule has 16 heavy (non-hydrogen) atoms. The zero-order valence-electron chi connectivity index (χ0n) is 8.73. The molecule has 1 aromatic rings. The van der Waals surface area contributed by atoms with E-state index < -0.39 is 17.9 Å². The van der Waals surface area contributed by atoms with Crippen LogP contribution in [0.4, 0.5) is 0 Å². The minimum absolute atomic E-state index is 0.0835. The van der Waals surface area contributed by atoms with Crippen LogP contribution in [0.3, 0.4) is 0 Å². The molecule has 6 nitrogen and oxygen atoms in total. The van der Waals surface area contributed by atoms with Crippen LogP contribution in [0.5, 0.6) is 0 Å². The summed E-state index contributed by atoms with van der Waals surface area (Å²) in [6.45, 7) is 1.51. The average Bonchev–Trinajstić information content (AvgIpc) is 2.28. The molecule has 0 fully saturated rings. The second kappa shape index (κ2) is 5.41. The van der Waals surface area contributed by atoms with Crippen molar-refractivity contribution in [3.8, 4) is 0 Å². The minimum atomic E-state index is -0.741. The van der Waals surface area contributed by atoms with Crippen molar-refractivity contribution >= 4 is 23.5 Å². The van der Waals surface area contributed by atoms with E-state index in [4.69, 9.17) is 11.6 Å². The van der Waals surface area contributed by atoms with Gasteiger partial charge in [-0.2, -0.15) is 0 Å². The molecule has 0 saturated carbocycles. The maximum absolute atomic E-state index is 11.5. The molecule has 0 bridgehead atoms. The Hall–Kier alpha value is -1.69. The molecule has 0 radical (unpaired) electrons. The summed E-state index contributed by atoms with van der Waals surface area (Å²) in [7, 11) is 1.24. The number of nitrogens with one attached hydrogen (secondary N) is 1. The Balaban J connectivity index is 2.65. The van der Waals surface area contributed by atoms with Gasteiger partial charge in [-0.3, -0.25) is 4.79 Å². The molecule has 1 unspecified atom stereocenters. The van der Waals surface area contributed by atoms with E-state index in [1.165, 1.54) is 26.4 Å². The van der Waals surface area contributed by atoms with Gasteiger partial charge < -0.3 is 10.1 Å². The number of amides is 1. The van der Waals surface area contributed by atoms with Crippen LogP contribution in [-0.2, 0) is 9.53 Å². The number of aromatic nitrogens is 2. The third-order valence-corrected chi connectivity index (χ3v) is 1.95. The monoisotopic (exact) mass is 243 g/mol. The van der Waals surface area contributed by atoms with Crippen molar-refractivity contribution in [2.45, 2.75) is 13.0 Å². The molecule has 1 amide bonds. The summed E-state index contributed by atoms with van der Waals surface area (Å²) in [6.07, 6.45) is 2.47. The van der Waals surface area contributed by atoms with E-state index in [-0.39, 0.29) is 10.8 Å². The van der Waals surface area contributed by atoms with Gasteiger partial charge >= 0.3 is 5.97 Å². The summed E-state index contributed by atoms with van der Waals surface area (Å²) >= 11 is 5.52. The summed E-state index contributed by atoms with van der Waals surface area (Å²) in [5.41, 5.74) is 0.0835. The van der Waals surface area contributed by atoms with Crippen LogP contribution >= 0.6 is 11.6 Å². The van der Waals surface area contributed by atoms with Crippen molar-refractivity contribution in [2.75, 3.05) is 7.11 Å². The average molecular weight is 244 g/mol. The zero-order valence-corrected chi connectivity index (χ0v) is 9.49. The number of nitrogens with zero attached hydrogens (tertiary/aromatic N) is 2. The Morgan fingerprint density at radius 3 is 2.62 bits per heavy atom. The molecule has 1 N–H and O–H groups in total. The van der Waals surface area contributed by atoms with Crippen LogP contribution in [-0.4, -0.2) is 35.0 Å². The highest BCUT2D eigenvalue weighted by Gasteiger charge is 2.17. The molecule has 1 aromatic heterocycles. The van der Waals surface area contributed by atoms with Crippen molar-refractivity contribution in [1.29, 1.82) is 0 Å². The molecule has 1 rings (SSSR count). The Morgan fingerprint density at radius 1 is 1.44 bits per heavy atom. The van der Waals surface area contributed by atoms with Gasteiger partial charge in [-0.05, 0) is 6.92 Å². The first kappa shape index (κ1) is 12.4. The van der Waals surface area contributed by atoms with Gasteiger partial charge in [-0.1, -0.05) is 11.6 Å². The summed E-state index contributed by atoms with van der Waals surface area (Å²) in [5.74, 6) is -1.04. The van der Waals surface area contributed by atoms with Crippen LogP contribution in [0, 0.1) is 0 Å². The molecule has 0 aromatic carbocycles. The Bertz CT molecular complexity index is 393. The zero-order chi connectivity index (χ0) is 12.1. The van der Waals surface area contributed by atoms with Gasteiger partial charge in [0.1, 0.15) is 16.9 Å². The highest BCUT2D eigenvalue weighted by Crippen LogP contribution is 2.01. The molecule has 7 heteroatoms. The molecular formula is C9H10ClN3O3. The molecule has 1 heterocycles. The second-order valence-corrected chi connectivity index (χ2v) is 3.33. The number of halogens is 1. The van der Waals surface area contributed by atoms with Crippen LogP contribution in [0.2, 0.25) is 5.15 Å². The van der Waals surface area contributed by atoms with Crippen molar-refractivity contribution in [3.63, 3.8) is 0 Å². The highest BCUT2D eigenvalue weighted by atomic mass is 35.5. The highest BCUT2D eigenvalue weighted by molar-refractivity contribution is 6.29. The van der Waals surface area contributed by atoms with Gasteiger partial charge in [0, 0.05) is 0 Å². The Labute approximate surface area is 97.0 Å². The lowest BCUT2D eigenvalue weighted by atomic mass is 10.3. The standard InChI is InChI=1S/C9H10ClN3O3/c1-5(9(15)16-2)13-8(14)6-3-12-7(10)4-11-6/h3-5H,1-2H3,(H,13,14). The normalized spacial score (nSPS) is 11.7. The Kier molecular flexibility index (Phi) is 4.19. The third kappa shape index (κ3) is 3.16. The van der Waals surface area contributed by atoms with E-state index in [0.717, 1.165) is 0 Å². The fourth-order valence-corrected chi connectivity index (χ4v) is 1.03. The first-order valence-corrected chi connectivity index (χ1v) is 4.78. The first-order chi connectivity index (χ1) is 7.54. The molecular weight excluding hydrogens is 234 g/mol. The van der Waals surface area contributed by atoms with Crippen LogP contribution < -0.4 is 5.32 Å². The van der Waals surface area contributed by atoms with E-state index >= 15 is 0 Å². The lowest BCUT2D eigenvalue weighted by Crippen LogP contribution is -2.39. The SMILES string of the molecule is COC(=O)C(C)NC(=O)c1cnc(Cl)cn1. The van der Waals surface area contributed by atoms with Gasteiger partial charge in [-0.15, -0.1) is 0 Å². The first-order valence-electron chi connectivity index (χ1n) is 4.41. The van der Waals surface area contributed by atoms with E-state index in [1.54, 1.807) is 0 Å². The Morgan fingerprint density at radius 2 is 2.12 bits per heavy atom. The molecule has 86 valence electrons. The quantitative estimate of drug-likeness (QED) is 0.779. The largest absolute Gasteiger partial charge is 0.467 e. The summed E-state index contributed by atoms with van der Waals surface area (Å²) in [6, 6.07) is -0.741. The number of carbonyl (C=O) groups is 2. The molecule has 0 aliphatic rings. The topological polar surface area (TPSA) is 81.2 Å². The maximum Gasteiger partial charge on any atom is 0.328 e. The number of esters is 1. The molecule has 0 saturated heterocycles. The fourth-order valence-electron chi connectivity index (χ4n) is 0.936. The predicted molar refractivity (Wildman–Crippen MR) is 56.0 cm³/mol. The van der Waals surface area contributed by atoms with Gasteiger partial charge in [0.05, 0.1) is 19.5 Å². The maximum atomic E-state index is 11.5. The summed E-state index contributed by atoms with van der Waals surface area (Å²) in [4.78, 5) is 30.0. The molecule has 0 spiro atoms. The summed E-state index contributed by atoms with van der Waals surface area (Å²) < 4.78 is 4.46. The van der Waals surface area contributed by atoms with Gasteiger partial charge in [0.25, 0.3) is 5.91 Å². The number of ether oxygens (including phenoxy) is 1. The van der Waals surface area contributed by atoms with Gasteiger partial charge in [-0.25, -0.2) is 14.8 Å². The van der Waals surface area contributed by atoms with E-state index in [0.29, 0.717) is 0 Å². The molecule has 0 aliphatic carbocycles. The number of rotatable bonds is 3. The van der Waals surface area contributed by atoms with Crippen molar-refractivity contribution in [2.24, 2.45) is 0 Å². The van der Waals surface area contributed by atoms with Crippen molar-refractivity contribution in [3.05, 3.63) is 23.2 Å². The molecule has 1 atom stereocenters. The molecule has 0 aliphatic heterocycles. The summed E-state index contributed by atoms with van der Waals surface area (Å²) in [5, 5.41) is 2.60. The second-order valence-electron chi connectivity index (χ2n) is 2.94. The van der Waals surface area contributed by atoms with Gasteiger partial charge in [0.15, 0.2) is 0 Å². The smallest absolute Gasteiger partial charge is 0.328 e.